The van der Waals surface area contributed by atoms with Crippen molar-refractivity contribution < 1.29 is 4.74 Å². The maximum atomic E-state index is 5.61. The molecule has 0 aliphatic rings. The van der Waals surface area contributed by atoms with Gasteiger partial charge in [-0.25, -0.2) is 9.97 Å². The molecule has 0 aliphatic carbocycles. The van der Waals surface area contributed by atoms with Crippen LogP contribution >= 0.6 is 0 Å². The molecule has 2 aromatic rings. The maximum absolute atomic E-state index is 5.61. The Morgan fingerprint density at radius 3 is 2.89 bits per heavy atom. The summed E-state index contributed by atoms with van der Waals surface area (Å²) in [6.07, 6.45) is 3.29. The van der Waals surface area contributed by atoms with Gasteiger partial charge in [0.25, 0.3) is 0 Å². The highest BCUT2D eigenvalue weighted by Gasteiger charge is 2.03. The van der Waals surface area contributed by atoms with Crippen LogP contribution in [0.3, 0.4) is 0 Å². The lowest BCUT2D eigenvalue weighted by molar-refractivity contribution is 0.341. The zero-order valence-electron chi connectivity index (χ0n) is 10.7. The molecule has 94 valence electrons. The maximum Gasteiger partial charge on any atom is 0.142 e. The third-order valence-corrected chi connectivity index (χ3v) is 2.54. The van der Waals surface area contributed by atoms with E-state index in [-0.39, 0.29) is 0 Å². The van der Waals surface area contributed by atoms with Gasteiger partial charge in [-0.05, 0) is 37.6 Å². The molecular formula is C14H17N3O. The van der Waals surface area contributed by atoms with Crippen LogP contribution in [0.1, 0.15) is 18.2 Å². The predicted octanol–water partition coefficient (Wildman–Crippen LogP) is 2.80. The van der Waals surface area contributed by atoms with E-state index in [2.05, 4.69) is 28.3 Å². The highest BCUT2D eigenvalue weighted by atomic mass is 16.5. The van der Waals surface area contributed by atoms with Crippen LogP contribution in [0.25, 0.3) is 0 Å². The number of hydrogen-bond acceptors (Lipinski definition) is 4. The number of hydrogen-bond donors (Lipinski definition) is 1. The van der Waals surface area contributed by atoms with Crippen LogP contribution in [-0.4, -0.2) is 16.6 Å². The molecule has 0 radical (unpaired) electrons. The lowest BCUT2D eigenvalue weighted by atomic mass is 10.2. The molecule has 0 amide bonds. The van der Waals surface area contributed by atoms with E-state index in [0.29, 0.717) is 13.2 Å². The SMILES string of the molecule is CCOc1cc(C)ccc1NCc1ccncn1. The van der Waals surface area contributed by atoms with Gasteiger partial charge < -0.3 is 10.1 Å². The fraction of sp³-hybridized carbons (Fsp3) is 0.286. The smallest absolute Gasteiger partial charge is 0.142 e. The van der Waals surface area contributed by atoms with Gasteiger partial charge in [0, 0.05) is 6.20 Å². The van der Waals surface area contributed by atoms with Gasteiger partial charge in [0.1, 0.15) is 12.1 Å². The van der Waals surface area contributed by atoms with E-state index in [4.69, 9.17) is 4.74 Å². The van der Waals surface area contributed by atoms with E-state index in [0.717, 1.165) is 17.1 Å². The molecule has 0 unspecified atom stereocenters. The second-order valence-corrected chi connectivity index (χ2v) is 3.99. The van der Waals surface area contributed by atoms with Crippen molar-refractivity contribution in [3.8, 4) is 5.75 Å². The average Bonchev–Trinajstić information content (AvgIpc) is 2.39. The van der Waals surface area contributed by atoms with Gasteiger partial charge in [-0.2, -0.15) is 0 Å². The summed E-state index contributed by atoms with van der Waals surface area (Å²) >= 11 is 0. The summed E-state index contributed by atoms with van der Waals surface area (Å²) in [6.45, 7) is 5.35. The third-order valence-electron chi connectivity index (χ3n) is 2.54. The third kappa shape index (κ3) is 3.20. The van der Waals surface area contributed by atoms with Gasteiger partial charge in [0.2, 0.25) is 0 Å². The molecule has 0 saturated heterocycles. The van der Waals surface area contributed by atoms with Crippen molar-refractivity contribution in [3.05, 3.63) is 48.0 Å². The van der Waals surface area contributed by atoms with Gasteiger partial charge in [-0.15, -0.1) is 0 Å². The van der Waals surface area contributed by atoms with E-state index < -0.39 is 0 Å². The highest BCUT2D eigenvalue weighted by molar-refractivity contribution is 5.57. The fourth-order valence-corrected chi connectivity index (χ4v) is 1.66. The molecule has 0 saturated carbocycles. The Morgan fingerprint density at radius 2 is 2.17 bits per heavy atom. The van der Waals surface area contributed by atoms with Gasteiger partial charge in [-0.1, -0.05) is 6.07 Å². The second-order valence-electron chi connectivity index (χ2n) is 3.99. The van der Waals surface area contributed by atoms with Crippen molar-refractivity contribution in [2.75, 3.05) is 11.9 Å². The zero-order chi connectivity index (χ0) is 12.8. The molecule has 1 aromatic heterocycles. The number of benzene rings is 1. The molecule has 4 heteroatoms. The Hall–Kier alpha value is -2.10. The molecule has 0 spiro atoms. The molecule has 1 aromatic carbocycles. The van der Waals surface area contributed by atoms with Crippen LogP contribution in [-0.2, 0) is 6.54 Å². The Morgan fingerprint density at radius 1 is 1.28 bits per heavy atom. The molecule has 18 heavy (non-hydrogen) atoms. The van der Waals surface area contributed by atoms with Crippen molar-refractivity contribution in [2.24, 2.45) is 0 Å². The lowest BCUT2D eigenvalue weighted by Crippen LogP contribution is -2.04. The standard InChI is InChI=1S/C14H17N3O/c1-3-18-14-8-11(2)4-5-13(14)16-9-12-6-7-15-10-17-12/h4-8,10,16H,3,9H2,1-2H3. The van der Waals surface area contributed by atoms with Crippen molar-refractivity contribution in [2.45, 2.75) is 20.4 Å². The molecular weight excluding hydrogens is 226 g/mol. The van der Waals surface area contributed by atoms with Crippen molar-refractivity contribution in [1.82, 2.24) is 9.97 Å². The number of nitrogens with zero attached hydrogens (tertiary/aromatic N) is 2. The molecule has 0 aliphatic heterocycles. The topological polar surface area (TPSA) is 47.0 Å². The largest absolute Gasteiger partial charge is 0.492 e. The Bertz CT molecular complexity index is 500. The van der Waals surface area contributed by atoms with Gasteiger partial charge >= 0.3 is 0 Å². The molecule has 0 atom stereocenters. The number of aromatic nitrogens is 2. The lowest BCUT2D eigenvalue weighted by Gasteiger charge is -2.12. The van der Waals surface area contributed by atoms with Crippen LogP contribution in [0, 0.1) is 6.92 Å². The number of nitrogens with one attached hydrogen (secondary N) is 1. The van der Waals surface area contributed by atoms with Crippen LogP contribution in [0.5, 0.6) is 5.75 Å². The van der Waals surface area contributed by atoms with E-state index in [9.17, 15) is 0 Å². The minimum atomic E-state index is 0.658. The Balaban J connectivity index is 2.09. The second kappa shape index (κ2) is 6.00. The van der Waals surface area contributed by atoms with Crippen molar-refractivity contribution in [1.29, 1.82) is 0 Å². The molecule has 0 bridgehead atoms. The first-order valence-electron chi connectivity index (χ1n) is 6.02. The summed E-state index contributed by atoms with van der Waals surface area (Å²) in [6, 6.07) is 8.01. The molecule has 0 fully saturated rings. The number of aryl methyl sites for hydroxylation is 1. The van der Waals surface area contributed by atoms with E-state index in [1.165, 1.54) is 5.56 Å². The summed E-state index contributed by atoms with van der Waals surface area (Å²) in [5, 5.41) is 3.33. The number of anilines is 1. The van der Waals surface area contributed by atoms with Gasteiger partial charge in [-0.3, -0.25) is 0 Å². The summed E-state index contributed by atoms with van der Waals surface area (Å²) < 4.78 is 5.61. The molecule has 1 N–H and O–H groups in total. The summed E-state index contributed by atoms with van der Waals surface area (Å²) in [4.78, 5) is 8.07. The van der Waals surface area contributed by atoms with Gasteiger partial charge in [0.15, 0.2) is 0 Å². The molecule has 4 nitrogen and oxygen atoms in total. The summed E-state index contributed by atoms with van der Waals surface area (Å²) in [5.74, 6) is 0.881. The van der Waals surface area contributed by atoms with Crippen LogP contribution in [0.15, 0.2) is 36.8 Å². The molecule has 2 rings (SSSR count). The quantitative estimate of drug-likeness (QED) is 0.877. The van der Waals surface area contributed by atoms with E-state index in [1.807, 2.05) is 25.1 Å². The van der Waals surface area contributed by atoms with E-state index >= 15 is 0 Å². The van der Waals surface area contributed by atoms with Crippen LogP contribution in [0.2, 0.25) is 0 Å². The first-order chi connectivity index (χ1) is 8.79. The first kappa shape index (κ1) is 12.4. The summed E-state index contributed by atoms with van der Waals surface area (Å²) in [5.41, 5.74) is 3.13. The van der Waals surface area contributed by atoms with Crippen molar-refractivity contribution in [3.63, 3.8) is 0 Å². The predicted molar refractivity (Wildman–Crippen MR) is 71.7 cm³/mol. The van der Waals surface area contributed by atoms with Gasteiger partial charge in [0.05, 0.1) is 24.5 Å². The fourth-order valence-electron chi connectivity index (χ4n) is 1.66. The minimum Gasteiger partial charge on any atom is -0.492 e. The Labute approximate surface area is 107 Å². The Kier molecular flexibility index (Phi) is 4.12. The van der Waals surface area contributed by atoms with E-state index in [1.54, 1.807) is 12.5 Å². The highest BCUT2D eigenvalue weighted by Crippen LogP contribution is 2.26. The molecule has 1 heterocycles. The first-order valence-corrected chi connectivity index (χ1v) is 6.02. The van der Waals surface area contributed by atoms with Crippen molar-refractivity contribution >= 4 is 5.69 Å². The number of ether oxygens (including phenoxy) is 1. The zero-order valence-corrected chi connectivity index (χ0v) is 10.7. The average molecular weight is 243 g/mol. The summed E-state index contributed by atoms with van der Waals surface area (Å²) in [7, 11) is 0. The monoisotopic (exact) mass is 243 g/mol. The van der Waals surface area contributed by atoms with Crippen LogP contribution in [0.4, 0.5) is 5.69 Å². The normalized spacial score (nSPS) is 10.1. The van der Waals surface area contributed by atoms with Crippen LogP contribution < -0.4 is 10.1 Å². The number of rotatable bonds is 5. The minimum absolute atomic E-state index is 0.658.